The smallest absolute Gasteiger partial charge is 0.252 e. The normalized spacial score (nSPS) is 11.9. The molecule has 0 aliphatic heterocycles. The van der Waals surface area contributed by atoms with Crippen LogP contribution in [0.1, 0.15) is 29.8 Å². The van der Waals surface area contributed by atoms with Gasteiger partial charge in [-0.05, 0) is 42.7 Å². The van der Waals surface area contributed by atoms with E-state index >= 15 is 0 Å². The minimum atomic E-state index is -0.733. The number of nitrogens with one attached hydrogen (secondary N) is 2. The zero-order valence-corrected chi connectivity index (χ0v) is 18.4. The minimum Gasteiger partial charge on any atom is -0.497 e. The average Bonchev–Trinajstić information content (AvgIpc) is 3.11. The van der Waals surface area contributed by atoms with Crippen LogP contribution in [0.2, 0.25) is 0 Å². The lowest BCUT2D eigenvalue weighted by molar-refractivity contribution is -0.118. The molecule has 2 N–H and O–H groups in total. The summed E-state index contributed by atoms with van der Waals surface area (Å²) in [7, 11) is 3.03. The molecule has 0 unspecified atom stereocenters. The lowest BCUT2D eigenvalue weighted by Gasteiger charge is -2.21. The highest BCUT2D eigenvalue weighted by Crippen LogP contribution is 2.27. The Kier molecular flexibility index (Phi) is 6.56. The molecule has 7 nitrogen and oxygen atoms in total. The molecular formula is C22H25N3O4S. The fraction of sp³-hybridized carbons (Fsp3) is 0.318. The highest BCUT2D eigenvalue weighted by atomic mass is 32.1. The number of hydrogen-bond donors (Lipinski definition) is 2. The van der Waals surface area contributed by atoms with Crippen LogP contribution in [0.15, 0.2) is 36.4 Å². The van der Waals surface area contributed by atoms with Crippen LogP contribution in [0.25, 0.3) is 10.2 Å². The molecule has 0 fully saturated rings. The number of amides is 2. The van der Waals surface area contributed by atoms with E-state index in [1.54, 1.807) is 18.2 Å². The Bertz CT molecular complexity index is 1060. The van der Waals surface area contributed by atoms with Gasteiger partial charge in [-0.3, -0.25) is 9.59 Å². The SMILES string of the molecule is COc1cc(OC)cc(C(=O)N[C@@H](C(=O)Nc2nc3ccc(C)cc3s2)C(C)C)c1. The van der Waals surface area contributed by atoms with Crippen LogP contribution in [0, 0.1) is 12.8 Å². The van der Waals surface area contributed by atoms with Gasteiger partial charge >= 0.3 is 0 Å². The zero-order chi connectivity index (χ0) is 21.8. The highest BCUT2D eigenvalue weighted by molar-refractivity contribution is 7.22. The number of hydrogen-bond acceptors (Lipinski definition) is 6. The number of thiazole rings is 1. The molecule has 0 spiro atoms. The largest absolute Gasteiger partial charge is 0.497 e. The number of fused-ring (bicyclic) bond motifs is 1. The van der Waals surface area contributed by atoms with E-state index in [1.807, 2.05) is 39.0 Å². The molecule has 1 heterocycles. The Morgan fingerprint density at radius 3 is 2.30 bits per heavy atom. The summed E-state index contributed by atoms with van der Waals surface area (Å²) in [5.41, 5.74) is 2.31. The zero-order valence-electron chi connectivity index (χ0n) is 17.6. The van der Waals surface area contributed by atoms with Crippen molar-refractivity contribution in [3.05, 3.63) is 47.5 Å². The molecule has 2 amide bonds. The second-order valence-electron chi connectivity index (χ2n) is 7.28. The molecule has 0 aliphatic rings. The summed E-state index contributed by atoms with van der Waals surface area (Å²) < 4.78 is 11.4. The van der Waals surface area contributed by atoms with Crippen LogP contribution in [-0.2, 0) is 4.79 Å². The molecule has 1 aromatic heterocycles. The second kappa shape index (κ2) is 9.13. The number of carbonyl (C=O) groups excluding carboxylic acids is 2. The van der Waals surface area contributed by atoms with E-state index < -0.39 is 6.04 Å². The van der Waals surface area contributed by atoms with Gasteiger partial charge < -0.3 is 20.1 Å². The van der Waals surface area contributed by atoms with Crippen molar-refractivity contribution in [3.63, 3.8) is 0 Å². The predicted molar refractivity (Wildman–Crippen MR) is 119 cm³/mol. The van der Waals surface area contributed by atoms with E-state index in [1.165, 1.54) is 25.6 Å². The van der Waals surface area contributed by atoms with Gasteiger partial charge in [-0.15, -0.1) is 0 Å². The van der Waals surface area contributed by atoms with Gasteiger partial charge in [-0.25, -0.2) is 4.98 Å². The van der Waals surface area contributed by atoms with Gasteiger partial charge in [0.15, 0.2) is 5.13 Å². The summed E-state index contributed by atoms with van der Waals surface area (Å²) in [6.07, 6.45) is 0. The molecule has 30 heavy (non-hydrogen) atoms. The van der Waals surface area contributed by atoms with Gasteiger partial charge in [0.1, 0.15) is 17.5 Å². The highest BCUT2D eigenvalue weighted by Gasteiger charge is 2.26. The summed E-state index contributed by atoms with van der Waals surface area (Å²) in [6.45, 7) is 5.76. The summed E-state index contributed by atoms with van der Waals surface area (Å²) in [6, 6.07) is 10.1. The third kappa shape index (κ3) is 4.88. The number of anilines is 1. The second-order valence-corrected chi connectivity index (χ2v) is 8.31. The number of aromatic nitrogens is 1. The molecule has 0 aliphatic carbocycles. The lowest BCUT2D eigenvalue weighted by atomic mass is 10.0. The molecule has 3 rings (SSSR count). The van der Waals surface area contributed by atoms with E-state index in [0.717, 1.165) is 15.8 Å². The van der Waals surface area contributed by atoms with Crippen molar-refractivity contribution in [1.29, 1.82) is 0 Å². The Morgan fingerprint density at radius 1 is 1.03 bits per heavy atom. The summed E-state index contributed by atoms with van der Waals surface area (Å²) in [5, 5.41) is 6.15. The van der Waals surface area contributed by atoms with Gasteiger partial charge in [0, 0.05) is 11.6 Å². The van der Waals surface area contributed by atoms with Crippen LogP contribution < -0.4 is 20.1 Å². The van der Waals surface area contributed by atoms with Crippen LogP contribution in [0.5, 0.6) is 11.5 Å². The topological polar surface area (TPSA) is 89.5 Å². The fourth-order valence-electron chi connectivity index (χ4n) is 2.97. The van der Waals surface area contributed by atoms with Crippen LogP contribution >= 0.6 is 11.3 Å². The van der Waals surface area contributed by atoms with Crippen LogP contribution in [0.3, 0.4) is 0 Å². The quantitative estimate of drug-likeness (QED) is 0.595. The Balaban J connectivity index is 1.77. The molecule has 1 atom stereocenters. The third-order valence-corrected chi connectivity index (χ3v) is 5.56. The van der Waals surface area contributed by atoms with Crippen molar-refractivity contribution in [2.75, 3.05) is 19.5 Å². The van der Waals surface area contributed by atoms with Gasteiger partial charge in [-0.2, -0.15) is 0 Å². The van der Waals surface area contributed by atoms with Crippen molar-refractivity contribution >= 4 is 38.5 Å². The number of methoxy groups -OCH3 is 2. The third-order valence-electron chi connectivity index (χ3n) is 4.62. The fourth-order valence-corrected chi connectivity index (χ4v) is 3.93. The maximum Gasteiger partial charge on any atom is 0.252 e. The Hall–Kier alpha value is -3.13. The first-order chi connectivity index (χ1) is 14.3. The Labute approximate surface area is 179 Å². The monoisotopic (exact) mass is 427 g/mol. The van der Waals surface area contributed by atoms with E-state index in [-0.39, 0.29) is 17.7 Å². The maximum atomic E-state index is 12.9. The van der Waals surface area contributed by atoms with Gasteiger partial charge in [0.2, 0.25) is 5.91 Å². The molecule has 2 aromatic carbocycles. The molecular weight excluding hydrogens is 402 g/mol. The predicted octanol–water partition coefficient (Wildman–Crippen LogP) is 4.02. The van der Waals surface area contributed by atoms with E-state index in [0.29, 0.717) is 22.2 Å². The first-order valence-corrected chi connectivity index (χ1v) is 10.3. The summed E-state index contributed by atoms with van der Waals surface area (Å²) in [5.74, 6) is 0.160. The van der Waals surface area contributed by atoms with Crippen molar-refractivity contribution in [2.24, 2.45) is 5.92 Å². The van der Waals surface area contributed by atoms with E-state index in [2.05, 4.69) is 15.6 Å². The number of ether oxygens (including phenoxy) is 2. The first-order valence-electron chi connectivity index (χ1n) is 9.52. The number of rotatable bonds is 7. The number of nitrogens with zero attached hydrogens (tertiary/aromatic N) is 1. The molecule has 0 saturated heterocycles. The lowest BCUT2D eigenvalue weighted by Crippen LogP contribution is -2.47. The van der Waals surface area contributed by atoms with E-state index in [9.17, 15) is 9.59 Å². The van der Waals surface area contributed by atoms with Crippen molar-refractivity contribution in [2.45, 2.75) is 26.8 Å². The maximum absolute atomic E-state index is 12.9. The van der Waals surface area contributed by atoms with Crippen LogP contribution in [0.4, 0.5) is 5.13 Å². The number of aryl methyl sites for hydroxylation is 1. The standard InChI is InChI=1S/C22H25N3O4S/c1-12(2)19(24-20(26)14-9-15(28-4)11-16(10-14)29-5)21(27)25-22-23-17-7-6-13(3)8-18(17)30-22/h6-12,19H,1-5H3,(H,24,26)(H,23,25,27)/t19-/m1/s1. The van der Waals surface area contributed by atoms with Gasteiger partial charge in [0.25, 0.3) is 5.91 Å². The summed E-state index contributed by atoms with van der Waals surface area (Å²) in [4.78, 5) is 30.2. The summed E-state index contributed by atoms with van der Waals surface area (Å²) >= 11 is 1.41. The average molecular weight is 428 g/mol. The number of benzene rings is 2. The van der Waals surface area contributed by atoms with Gasteiger partial charge in [-0.1, -0.05) is 31.3 Å². The van der Waals surface area contributed by atoms with Crippen LogP contribution in [-0.4, -0.2) is 37.1 Å². The van der Waals surface area contributed by atoms with E-state index in [4.69, 9.17) is 9.47 Å². The molecule has 0 radical (unpaired) electrons. The van der Waals surface area contributed by atoms with Crippen molar-refractivity contribution < 1.29 is 19.1 Å². The number of carbonyl (C=O) groups is 2. The molecule has 0 bridgehead atoms. The molecule has 0 saturated carbocycles. The van der Waals surface area contributed by atoms with Crippen molar-refractivity contribution in [1.82, 2.24) is 10.3 Å². The Morgan fingerprint density at radius 2 is 1.70 bits per heavy atom. The minimum absolute atomic E-state index is 0.127. The molecule has 8 heteroatoms. The molecule has 3 aromatic rings. The van der Waals surface area contributed by atoms with Crippen molar-refractivity contribution in [3.8, 4) is 11.5 Å². The molecule has 158 valence electrons. The first kappa shape index (κ1) is 21.6. The van der Waals surface area contributed by atoms with Gasteiger partial charge in [0.05, 0.1) is 24.4 Å².